The maximum Gasteiger partial charge on any atom is 0.180 e. The highest BCUT2D eigenvalue weighted by atomic mass is 35.5. The minimum absolute atomic E-state index is 0.0798. The molecule has 0 fully saturated rings. The molecule has 0 spiro atoms. The minimum Gasteiger partial charge on any atom is -0.351 e. The van der Waals surface area contributed by atoms with E-state index in [0.717, 1.165) is 5.39 Å². The first-order valence-electron chi connectivity index (χ1n) is 7.85. The van der Waals surface area contributed by atoms with Crippen LogP contribution in [-0.4, -0.2) is 25.7 Å². The first-order valence-corrected chi connectivity index (χ1v) is 10.3. The third-order valence-corrected chi connectivity index (χ3v) is 6.72. The Balaban J connectivity index is 1.82. The van der Waals surface area contributed by atoms with Crippen molar-refractivity contribution in [2.75, 3.05) is 17.2 Å². The predicted octanol–water partition coefficient (Wildman–Crippen LogP) is 4.47. The van der Waals surface area contributed by atoms with E-state index in [2.05, 4.69) is 4.98 Å². The van der Waals surface area contributed by atoms with Crippen LogP contribution in [0.5, 0.6) is 0 Å². The van der Waals surface area contributed by atoms with Gasteiger partial charge in [0.15, 0.2) is 9.84 Å². The fraction of sp³-hybridized carbons (Fsp3) is 0.167. The number of benzene rings is 2. The summed E-state index contributed by atoms with van der Waals surface area (Å²) in [5.41, 5.74) is 1.07. The van der Waals surface area contributed by atoms with Gasteiger partial charge in [-0.2, -0.15) is 0 Å². The lowest BCUT2D eigenvalue weighted by Crippen LogP contribution is -2.26. The van der Waals surface area contributed by atoms with Gasteiger partial charge in [0.05, 0.1) is 21.2 Å². The van der Waals surface area contributed by atoms with Crippen LogP contribution in [0.25, 0.3) is 10.9 Å². The smallest absolute Gasteiger partial charge is 0.180 e. The van der Waals surface area contributed by atoms with E-state index < -0.39 is 15.7 Å². The average molecular weight is 411 g/mol. The molecule has 0 N–H and O–H groups in total. The van der Waals surface area contributed by atoms with Crippen molar-refractivity contribution in [1.29, 1.82) is 0 Å². The summed E-state index contributed by atoms with van der Waals surface area (Å²) >= 11 is 12.4. The molecule has 26 heavy (non-hydrogen) atoms. The summed E-state index contributed by atoms with van der Waals surface area (Å²) in [6, 6.07) is 10.6. The highest BCUT2D eigenvalue weighted by molar-refractivity contribution is 7.91. The largest absolute Gasteiger partial charge is 0.351 e. The van der Waals surface area contributed by atoms with Crippen LogP contribution < -0.4 is 4.90 Å². The molecule has 0 amide bonds. The second kappa shape index (κ2) is 6.37. The Labute approximate surface area is 160 Å². The number of rotatable bonds is 1. The SMILES string of the molecule is O=S1(=O)CCN(c2cc(Cl)c3cc(Cl)ccc3n2)Cc2cc(F)ccc21. The van der Waals surface area contributed by atoms with E-state index in [1.165, 1.54) is 18.2 Å². The lowest BCUT2D eigenvalue weighted by atomic mass is 10.2. The lowest BCUT2D eigenvalue weighted by Gasteiger charge is -2.22. The summed E-state index contributed by atoms with van der Waals surface area (Å²) in [5, 5.41) is 1.75. The quantitative estimate of drug-likeness (QED) is 0.555. The van der Waals surface area contributed by atoms with Crippen molar-refractivity contribution in [3.8, 4) is 0 Å². The third kappa shape index (κ3) is 3.13. The number of pyridine rings is 1. The molecule has 134 valence electrons. The van der Waals surface area contributed by atoms with Gasteiger partial charge < -0.3 is 4.90 Å². The normalized spacial score (nSPS) is 16.3. The molecule has 0 unspecified atom stereocenters. The molecule has 0 aliphatic carbocycles. The molecule has 3 aromatic rings. The van der Waals surface area contributed by atoms with Gasteiger partial charge in [-0.3, -0.25) is 0 Å². The number of sulfone groups is 1. The van der Waals surface area contributed by atoms with Crippen molar-refractivity contribution in [3.05, 3.63) is 63.9 Å². The molecular weight excluding hydrogens is 398 g/mol. The first-order chi connectivity index (χ1) is 12.3. The number of aromatic nitrogens is 1. The van der Waals surface area contributed by atoms with Crippen molar-refractivity contribution in [1.82, 2.24) is 4.98 Å². The molecule has 0 atom stereocenters. The number of hydrogen-bond donors (Lipinski definition) is 0. The molecule has 4 rings (SSSR count). The minimum atomic E-state index is -3.48. The first kappa shape index (κ1) is 17.5. The van der Waals surface area contributed by atoms with Crippen molar-refractivity contribution in [3.63, 3.8) is 0 Å². The fourth-order valence-electron chi connectivity index (χ4n) is 3.10. The molecule has 0 bridgehead atoms. The van der Waals surface area contributed by atoms with Crippen LogP contribution in [0.4, 0.5) is 10.2 Å². The molecule has 2 aromatic carbocycles. The molecule has 2 heterocycles. The van der Waals surface area contributed by atoms with Crippen LogP contribution in [0.3, 0.4) is 0 Å². The van der Waals surface area contributed by atoms with Gasteiger partial charge in [-0.05, 0) is 48.0 Å². The van der Waals surface area contributed by atoms with Gasteiger partial charge in [0, 0.05) is 23.5 Å². The van der Waals surface area contributed by atoms with Crippen LogP contribution in [-0.2, 0) is 16.4 Å². The van der Waals surface area contributed by atoms with E-state index in [1.54, 1.807) is 29.2 Å². The highest BCUT2D eigenvalue weighted by Crippen LogP contribution is 2.31. The summed E-state index contributed by atoms with van der Waals surface area (Å²) in [5.74, 6) is -0.0130. The summed E-state index contributed by atoms with van der Waals surface area (Å²) in [4.78, 5) is 6.54. The molecule has 1 aromatic heterocycles. The van der Waals surface area contributed by atoms with Crippen molar-refractivity contribution in [2.45, 2.75) is 11.4 Å². The monoisotopic (exact) mass is 410 g/mol. The topological polar surface area (TPSA) is 50.3 Å². The third-order valence-electron chi connectivity index (χ3n) is 4.38. The van der Waals surface area contributed by atoms with Crippen molar-refractivity contribution >= 4 is 49.8 Å². The van der Waals surface area contributed by atoms with Crippen LogP contribution >= 0.6 is 23.2 Å². The Morgan fingerprint density at radius 3 is 2.69 bits per heavy atom. The van der Waals surface area contributed by atoms with Gasteiger partial charge in [0.25, 0.3) is 0 Å². The summed E-state index contributed by atoms with van der Waals surface area (Å²) < 4.78 is 38.6. The van der Waals surface area contributed by atoms with Gasteiger partial charge in [0.1, 0.15) is 11.6 Å². The van der Waals surface area contributed by atoms with Crippen molar-refractivity contribution < 1.29 is 12.8 Å². The number of hydrogen-bond acceptors (Lipinski definition) is 4. The molecule has 4 nitrogen and oxygen atoms in total. The second-order valence-electron chi connectivity index (χ2n) is 6.12. The van der Waals surface area contributed by atoms with Crippen LogP contribution in [0.2, 0.25) is 10.0 Å². The van der Waals surface area contributed by atoms with E-state index in [0.29, 0.717) is 26.9 Å². The second-order valence-corrected chi connectivity index (χ2v) is 9.04. The Morgan fingerprint density at radius 1 is 1.08 bits per heavy atom. The van der Waals surface area contributed by atoms with Crippen LogP contribution in [0.1, 0.15) is 5.56 Å². The summed E-state index contributed by atoms with van der Waals surface area (Å²) in [7, 11) is -3.48. The van der Waals surface area contributed by atoms with Gasteiger partial charge >= 0.3 is 0 Å². The predicted molar refractivity (Wildman–Crippen MR) is 101 cm³/mol. The standard InChI is InChI=1S/C18H13Cl2FN2O2S/c19-12-1-3-16-14(8-12)15(20)9-18(22-16)23-5-6-26(24,25)17-4-2-13(21)7-11(17)10-23/h1-4,7-9H,5-6,10H2. The summed E-state index contributed by atoms with van der Waals surface area (Å²) in [6.07, 6.45) is 0. The number of nitrogens with zero attached hydrogens (tertiary/aromatic N) is 2. The Bertz CT molecular complexity index is 1140. The molecule has 1 aliphatic rings. The maximum absolute atomic E-state index is 13.7. The number of halogens is 3. The molecule has 0 radical (unpaired) electrons. The Hall–Kier alpha value is -1.89. The van der Waals surface area contributed by atoms with E-state index in [9.17, 15) is 12.8 Å². The van der Waals surface area contributed by atoms with Gasteiger partial charge in [-0.15, -0.1) is 0 Å². The highest BCUT2D eigenvalue weighted by Gasteiger charge is 2.26. The fourth-order valence-corrected chi connectivity index (χ4v) is 5.00. The number of fused-ring (bicyclic) bond motifs is 2. The number of anilines is 1. The van der Waals surface area contributed by atoms with E-state index in [-0.39, 0.29) is 23.7 Å². The zero-order valence-electron chi connectivity index (χ0n) is 13.4. The zero-order valence-corrected chi connectivity index (χ0v) is 15.7. The molecule has 8 heteroatoms. The lowest BCUT2D eigenvalue weighted by molar-refractivity contribution is 0.595. The summed E-state index contributed by atoms with van der Waals surface area (Å²) in [6.45, 7) is 0.468. The van der Waals surface area contributed by atoms with E-state index >= 15 is 0 Å². The zero-order chi connectivity index (χ0) is 18.5. The Kier molecular flexibility index (Phi) is 4.29. The van der Waals surface area contributed by atoms with Gasteiger partial charge in [-0.1, -0.05) is 23.2 Å². The van der Waals surface area contributed by atoms with Crippen LogP contribution in [0, 0.1) is 5.82 Å². The molecular formula is C18H13Cl2FN2O2S. The van der Waals surface area contributed by atoms with E-state index in [4.69, 9.17) is 23.2 Å². The maximum atomic E-state index is 13.7. The van der Waals surface area contributed by atoms with Crippen molar-refractivity contribution in [2.24, 2.45) is 0 Å². The van der Waals surface area contributed by atoms with E-state index in [1.807, 2.05) is 0 Å². The van der Waals surface area contributed by atoms with Gasteiger partial charge in [-0.25, -0.2) is 17.8 Å². The molecule has 1 aliphatic heterocycles. The van der Waals surface area contributed by atoms with Gasteiger partial charge in [0.2, 0.25) is 0 Å². The van der Waals surface area contributed by atoms with Crippen LogP contribution in [0.15, 0.2) is 47.4 Å². The average Bonchev–Trinajstić information content (AvgIpc) is 2.71. The molecule has 0 saturated carbocycles. The Morgan fingerprint density at radius 2 is 1.88 bits per heavy atom. The molecule has 0 saturated heterocycles.